The van der Waals surface area contributed by atoms with E-state index in [9.17, 15) is 4.79 Å². The third-order valence-electron chi connectivity index (χ3n) is 4.96. The van der Waals surface area contributed by atoms with Crippen LogP contribution in [0.25, 0.3) is 10.9 Å². The van der Waals surface area contributed by atoms with Crippen molar-refractivity contribution in [1.29, 1.82) is 0 Å². The van der Waals surface area contributed by atoms with Gasteiger partial charge >= 0.3 is 0 Å². The molecule has 23 heavy (non-hydrogen) atoms. The van der Waals surface area contributed by atoms with E-state index >= 15 is 0 Å². The van der Waals surface area contributed by atoms with E-state index in [-0.39, 0.29) is 5.91 Å². The van der Waals surface area contributed by atoms with Gasteiger partial charge in [-0.2, -0.15) is 0 Å². The molecule has 1 aliphatic heterocycles. The number of hydrogen-bond donors (Lipinski definition) is 3. The van der Waals surface area contributed by atoms with E-state index in [1.807, 2.05) is 6.07 Å². The van der Waals surface area contributed by atoms with Crippen LogP contribution in [0.5, 0.6) is 0 Å². The van der Waals surface area contributed by atoms with Crippen molar-refractivity contribution in [2.24, 2.45) is 5.92 Å². The quantitative estimate of drug-likeness (QED) is 0.768. The van der Waals surface area contributed by atoms with Gasteiger partial charge in [-0.3, -0.25) is 4.79 Å². The third-order valence-corrected chi connectivity index (χ3v) is 4.96. The molecule has 2 heterocycles. The monoisotopic (exact) mass is 313 g/mol. The molecule has 0 saturated carbocycles. The lowest BCUT2D eigenvalue weighted by Crippen LogP contribution is -2.30. The molecule has 1 aromatic heterocycles. The standard InChI is InChI=1S/C19H27N3O/c1-14-16(17-4-2-3-5-18(17)22-14)10-13-21-19(23)7-6-15-8-11-20-12-9-15/h2-5,15,20,22H,6-13H2,1H3,(H,21,23). The Balaban J connectivity index is 1.45. The molecule has 0 atom stereocenters. The predicted molar refractivity (Wildman–Crippen MR) is 94.6 cm³/mol. The number of fused-ring (bicyclic) bond motifs is 1. The fourth-order valence-corrected chi connectivity index (χ4v) is 3.58. The molecule has 1 amide bonds. The highest BCUT2D eigenvalue weighted by Crippen LogP contribution is 2.22. The number of piperidine rings is 1. The lowest BCUT2D eigenvalue weighted by atomic mass is 9.93. The second-order valence-corrected chi connectivity index (χ2v) is 6.61. The number of para-hydroxylation sites is 1. The number of amides is 1. The molecule has 3 rings (SSSR count). The van der Waals surface area contributed by atoms with Gasteiger partial charge in [0, 0.05) is 29.6 Å². The van der Waals surface area contributed by atoms with Crippen molar-refractivity contribution in [2.45, 2.75) is 39.0 Å². The van der Waals surface area contributed by atoms with Crippen LogP contribution in [0.3, 0.4) is 0 Å². The Morgan fingerprint density at radius 3 is 2.87 bits per heavy atom. The molecule has 1 aliphatic rings. The molecule has 1 fully saturated rings. The molecule has 0 spiro atoms. The third kappa shape index (κ3) is 4.14. The van der Waals surface area contributed by atoms with Crippen LogP contribution in [0.1, 0.15) is 36.9 Å². The number of aromatic amines is 1. The molecule has 0 unspecified atom stereocenters. The number of carbonyl (C=O) groups excluding carboxylic acids is 1. The van der Waals surface area contributed by atoms with Crippen LogP contribution in [0.4, 0.5) is 0 Å². The van der Waals surface area contributed by atoms with Crippen molar-refractivity contribution in [3.05, 3.63) is 35.5 Å². The molecule has 2 aromatic rings. The molecule has 0 bridgehead atoms. The second kappa shape index (κ2) is 7.64. The number of carbonyl (C=O) groups is 1. The van der Waals surface area contributed by atoms with Crippen molar-refractivity contribution < 1.29 is 4.79 Å². The average Bonchev–Trinajstić information content (AvgIpc) is 2.90. The smallest absolute Gasteiger partial charge is 0.220 e. The van der Waals surface area contributed by atoms with Crippen LogP contribution >= 0.6 is 0 Å². The highest BCUT2D eigenvalue weighted by atomic mass is 16.1. The van der Waals surface area contributed by atoms with E-state index in [0.717, 1.165) is 31.8 Å². The minimum Gasteiger partial charge on any atom is -0.358 e. The predicted octanol–water partition coefficient (Wildman–Crippen LogP) is 2.91. The van der Waals surface area contributed by atoms with E-state index in [1.54, 1.807) is 0 Å². The minimum atomic E-state index is 0.195. The van der Waals surface area contributed by atoms with Crippen LogP contribution in [0.2, 0.25) is 0 Å². The first kappa shape index (κ1) is 16.1. The number of nitrogens with one attached hydrogen (secondary N) is 3. The van der Waals surface area contributed by atoms with Crippen LogP contribution in [0, 0.1) is 12.8 Å². The fourth-order valence-electron chi connectivity index (χ4n) is 3.58. The van der Waals surface area contributed by atoms with E-state index in [0.29, 0.717) is 13.0 Å². The number of rotatable bonds is 6. The Kier molecular flexibility index (Phi) is 5.34. The van der Waals surface area contributed by atoms with Gasteiger partial charge in [-0.15, -0.1) is 0 Å². The molecule has 4 nitrogen and oxygen atoms in total. The summed E-state index contributed by atoms with van der Waals surface area (Å²) in [5.74, 6) is 0.916. The van der Waals surface area contributed by atoms with Gasteiger partial charge in [-0.25, -0.2) is 0 Å². The maximum absolute atomic E-state index is 12.0. The lowest BCUT2D eigenvalue weighted by molar-refractivity contribution is -0.121. The lowest BCUT2D eigenvalue weighted by Gasteiger charge is -2.22. The van der Waals surface area contributed by atoms with Gasteiger partial charge in [0.05, 0.1) is 0 Å². The molecule has 3 N–H and O–H groups in total. The Hall–Kier alpha value is -1.81. The molecule has 124 valence electrons. The number of aryl methyl sites for hydroxylation is 1. The fraction of sp³-hybridized carbons (Fsp3) is 0.526. The molecular formula is C19H27N3O. The number of H-pyrrole nitrogens is 1. The first-order valence-corrected chi connectivity index (χ1v) is 8.77. The van der Waals surface area contributed by atoms with Crippen LogP contribution in [-0.4, -0.2) is 30.5 Å². The highest BCUT2D eigenvalue weighted by Gasteiger charge is 2.14. The van der Waals surface area contributed by atoms with Crippen molar-refractivity contribution in [3.8, 4) is 0 Å². The van der Waals surface area contributed by atoms with Gasteiger partial charge in [0.25, 0.3) is 0 Å². The van der Waals surface area contributed by atoms with Crippen molar-refractivity contribution in [3.63, 3.8) is 0 Å². The molecule has 0 aliphatic carbocycles. The first-order valence-electron chi connectivity index (χ1n) is 8.77. The zero-order valence-electron chi connectivity index (χ0n) is 14.0. The number of hydrogen-bond acceptors (Lipinski definition) is 2. The molecule has 4 heteroatoms. The molecule has 1 saturated heterocycles. The summed E-state index contributed by atoms with van der Waals surface area (Å²) in [6, 6.07) is 8.36. The Morgan fingerprint density at radius 1 is 1.26 bits per heavy atom. The number of benzene rings is 1. The normalized spacial score (nSPS) is 15.9. The number of aromatic nitrogens is 1. The van der Waals surface area contributed by atoms with E-state index in [4.69, 9.17) is 0 Å². The maximum Gasteiger partial charge on any atom is 0.220 e. The van der Waals surface area contributed by atoms with Gasteiger partial charge < -0.3 is 15.6 Å². The zero-order chi connectivity index (χ0) is 16.1. The van der Waals surface area contributed by atoms with E-state index in [1.165, 1.54) is 35.0 Å². The maximum atomic E-state index is 12.0. The highest BCUT2D eigenvalue weighted by molar-refractivity contribution is 5.84. The van der Waals surface area contributed by atoms with Gasteiger partial charge in [0.1, 0.15) is 0 Å². The largest absolute Gasteiger partial charge is 0.358 e. The molecule has 1 aromatic carbocycles. The minimum absolute atomic E-state index is 0.195. The Morgan fingerprint density at radius 2 is 2.04 bits per heavy atom. The summed E-state index contributed by atoms with van der Waals surface area (Å²) in [5.41, 5.74) is 3.70. The summed E-state index contributed by atoms with van der Waals surface area (Å²) in [7, 11) is 0. The van der Waals surface area contributed by atoms with Crippen molar-refractivity contribution in [2.75, 3.05) is 19.6 Å². The first-order chi connectivity index (χ1) is 11.2. The van der Waals surface area contributed by atoms with Gasteiger partial charge in [-0.05, 0) is 63.2 Å². The summed E-state index contributed by atoms with van der Waals surface area (Å²) < 4.78 is 0. The Labute approximate surface area is 138 Å². The summed E-state index contributed by atoms with van der Waals surface area (Å²) in [6.45, 7) is 5.03. The van der Waals surface area contributed by atoms with Gasteiger partial charge in [0.15, 0.2) is 0 Å². The molecule has 0 radical (unpaired) electrons. The van der Waals surface area contributed by atoms with E-state index < -0.39 is 0 Å². The van der Waals surface area contributed by atoms with Gasteiger partial charge in [0.2, 0.25) is 5.91 Å². The SMILES string of the molecule is Cc1[nH]c2ccccc2c1CCNC(=O)CCC1CCNCC1. The summed E-state index contributed by atoms with van der Waals surface area (Å²) in [5, 5.41) is 7.72. The van der Waals surface area contributed by atoms with Crippen LogP contribution < -0.4 is 10.6 Å². The van der Waals surface area contributed by atoms with Crippen molar-refractivity contribution >= 4 is 16.8 Å². The Bertz CT molecular complexity index is 656. The summed E-state index contributed by atoms with van der Waals surface area (Å²) >= 11 is 0. The topological polar surface area (TPSA) is 56.9 Å². The van der Waals surface area contributed by atoms with Crippen LogP contribution in [0.15, 0.2) is 24.3 Å². The van der Waals surface area contributed by atoms with Gasteiger partial charge in [-0.1, -0.05) is 18.2 Å². The second-order valence-electron chi connectivity index (χ2n) is 6.61. The summed E-state index contributed by atoms with van der Waals surface area (Å²) in [4.78, 5) is 15.4. The summed E-state index contributed by atoms with van der Waals surface area (Å²) in [6.07, 6.45) is 5.00. The zero-order valence-corrected chi connectivity index (χ0v) is 14.0. The van der Waals surface area contributed by atoms with E-state index in [2.05, 4.69) is 40.7 Å². The van der Waals surface area contributed by atoms with Crippen LogP contribution in [-0.2, 0) is 11.2 Å². The van der Waals surface area contributed by atoms with Crippen molar-refractivity contribution in [1.82, 2.24) is 15.6 Å². The average molecular weight is 313 g/mol. The molecular weight excluding hydrogens is 286 g/mol.